The molecule has 4 aromatic heterocycles. The van der Waals surface area contributed by atoms with Gasteiger partial charge < -0.3 is 10.3 Å². The lowest BCUT2D eigenvalue weighted by molar-refractivity contribution is 0.791. The minimum atomic E-state index is 0.892. The molecule has 6 heteroatoms. The van der Waals surface area contributed by atoms with Gasteiger partial charge in [-0.3, -0.25) is 15.1 Å². The van der Waals surface area contributed by atoms with Gasteiger partial charge in [0.1, 0.15) is 5.69 Å². The molecule has 0 radical (unpaired) electrons. The number of fused-ring (bicyclic) bond motifs is 2. The van der Waals surface area contributed by atoms with E-state index >= 15 is 0 Å². The van der Waals surface area contributed by atoms with E-state index in [9.17, 15) is 0 Å². The number of anilines is 1. The molecular formula is C25H24N6. The zero-order valence-corrected chi connectivity index (χ0v) is 17.4. The van der Waals surface area contributed by atoms with Crippen LogP contribution in [-0.4, -0.2) is 25.1 Å². The molecule has 154 valence electrons. The molecular weight excluding hydrogens is 384 g/mol. The first kappa shape index (κ1) is 19.1. The molecule has 3 N–H and O–H groups in total. The van der Waals surface area contributed by atoms with Crippen molar-refractivity contribution < 1.29 is 0 Å². The number of hydrogen-bond donors (Lipinski definition) is 3. The lowest BCUT2D eigenvalue weighted by atomic mass is 10.0. The molecule has 0 bridgehead atoms. The Labute approximate surface area is 180 Å². The molecule has 0 aliphatic carbocycles. The zero-order chi connectivity index (χ0) is 21.2. The van der Waals surface area contributed by atoms with Crippen molar-refractivity contribution in [3.63, 3.8) is 0 Å². The van der Waals surface area contributed by atoms with Crippen LogP contribution in [0.4, 0.5) is 5.69 Å². The van der Waals surface area contributed by atoms with Gasteiger partial charge in [0.05, 0.1) is 23.1 Å². The maximum Gasteiger partial charge on any atom is 0.116 e. The second-order valence-corrected chi connectivity index (χ2v) is 7.77. The van der Waals surface area contributed by atoms with Crippen molar-refractivity contribution >= 4 is 27.5 Å². The van der Waals surface area contributed by atoms with E-state index in [-0.39, 0.29) is 0 Å². The average molecular weight is 409 g/mol. The van der Waals surface area contributed by atoms with Crippen LogP contribution in [0, 0.1) is 0 Å². The molecule has 4 heterocycles. The monoisotopic (exact) mass is 408 g/mol. The van der Waals surface area contributed by atoms with E-state index in [4.69, 9.17) is 0 Å². The Morgan fingerprint density at radius 3 is 2.81 bits per heavy atom. The zero-order valence-electron chi connectivity index (χ0n) is 17.4. The van der Waals surface area contributed by atoms with Crippen LogP contribution < -0.4 is 5.32 Å². The van der Waals surface area contributed by atoms with Gasteiger partial charge in [-0.05, 0) is 48.7 Å². The Bertz CT molecular complexity index is 1340. The van der Waals surface area contributed by atoms with Crippen molar-refractivity contribution in [2.75, 3.05) is 5.32 Å². The summed E-state index contributed by atoms with van der Waals surface area (Å²) >= 11 is 0. The number of nitrogens with zero attached hydrogens (tertiary/aromatic N) is 3. The Kier molecular flexibility index (Phi) is 4.96. The number of aromatic amines is 2. The van der Waals surface area contributed by atoms with Gasteiger partial charge in [0.15, 0.2) is 0 Å². The molecule has 0 spiro atoms. The second kappa shape index (κ2) is 8.07. The largest absolute Gasteiger partial charge is 0.358 e. The lowest BCUT2D eigenvalue weighted by Crippen LogP contribution is -1.98. The molecule has 5 rings (SSSR count). The quantitative estimate of drug-likeness (QED) is 0.296. The summed E-state index contributed by atoms with van der Waals surface area (Å²) in [5.74, 6) is 0. The fourth-order valence-electron chi connectivity index (χ4n) is 3.82. The van der Waals surface area contributed by atoms with Crippen molar-refractivity contribution in [1.82, 2.24) is 25.1 Å². The molecule has 0 amide bonds. The summed E-state index contributed by atoms with van der Waals surface area (Å²) in [6.07, 6.45) is 10.6. The number of hydrogen-bond acceptors (Lipinski definition) is 4. The molecule has 0 unspecified atom stereocenters. The predicted molar refractivity (Wildman–Crippen MR) is 127 cm³/mol. The number of unbranched alkanes of at least 4 members (excludes halogenated alkanes) is 1. The molecule has 0 atom stereocenters. The van der Waals surface area contributed by atoms with Gasteiger partial charge in [-0.15, -0.1) is 0 Å². The van der Waals surface area contributed by atoms with Crippen LogP contribution in [0.2, 0.25) is 0 Å². The van der Waals surface area contributed by atoms with E-state index in [1.807, 2.05) is 24.7 Å². The van der Waals surface area contributed by atoms with Gasteiger partial charge in [0.2, 0.25) is 0 Å². The molecule has 31 heavy (non-hydrogen) atoms. The van der Waals surface area contributed by atoms with Crippen LogP contribution in [0.1, 0.15) is 26.2 Å². The van der Waals surface area contributed by atoms with Crippen molar-refractivity contribution in [3.8, 4) is 22.5 Å². The number of benzene rings is 1. The fraction of sp³-hybridized carbons (Fsp3) is 0.160. The molecule has 0 saturated heterocycles. The van der Waals surface area contributed by atoms with Gasteiger partial charge in [0, 0.05) is 46.1 Å². The number of H-pyrrole nitrogens is 2. The molecule has 1 aromatic carbocycles. The Balaban J connectivity index is 1.49. The van der Waals surface area contributed by atoms with Crippen LogP contribution in [0.25, 0.3) is 44.3 Å². The predicted octanol–water partition coefficient (Wildman–Crippen LogP) is 6.28. The molecule has 0 aliphatic rings. The minimum absolute atomic E-state index is 0.892. The lowest BCUT2D eigenvalue weighted by Gasteiger charge is -2.10. The van der Waals surface area contributed by atoms with Crippen molar-refractivity contribution in [1.29, 1.82) is 0 Å². The molecule has 0 aliphatic heterocycles. The van der Waals surface area contributed by atoms with Crippen molar-refractivity contribution in [2.45, 2.75) is 26.2 Å². The summed E-state index contributed by atoms with van der Waals surface area (Å²) < 4.78 is 0. The maximum absolute atomic E-state index is 4.56. The van der Waals surface area contributed by atoms with E-state index in [1.54, 1.807) is 6.20 Å². The number of rotatable bonds is 7. The van der Waals surface area contributed by atoms with Crippen LogP contribution in [0.3, 0.4) is 0 Å². The highest BCUT2D eigenvalue weighted by atomic mass is 15.1. The summed E-state index contributed by atoms with van der Waals surface area (Å²) in [6, 6.07) is 12.5. The summed E-state index contributed by atoms with van der Waals surface area (Å²) in [5, 5.41) is 13.2. The first-order chi connectivity index (χ1) is 15.2. The first-order valence-electron chi connectivity index (χ1n) is 10.5. The average Bonchev–Trinajstić information content (AvgIpc) is 3.41. The third-order valence-corrected chi connectivity index (χ3v) is 5.46. The molecule has 0 fully saturated rings. The van der Waals surface area contributed by atoms with Gasteiger partial charge in [-0.1, -0.05) is 26.0 Å². The number of allylic oxidation sites excluding steroid dienone is 1. The van der Waals surface area contributed by atoms with E-state index in [2.05, 4.69) is 74.3 Å². The highest BCUT2D eigenvalue weighted by Gasteiger charge is 2.12. The van der Waals surface area contributed by atoms with E-state index < -0.39 is 0 Å². The van der Waals surface area contributed by atoms with E-state index in [1.165, 1.54) is 0 Å². The van der Waals surface area contributed by atoms with E-state index in [0.29, 0.717) is 0 Å². The van der Waals surface area contributed by atoms with Crippen molar-refractivity contribution in [3.05, 3.63) is 73.5 Å². The van der Waals surface area contributed by atoms with Gasteiger partial charge >= 0.3 is 0 Å². The molecule has 0 saturated carbocycles. The van der Waals surface area contributed by atoms with Gasteiger partial charge in [0.25, 0.3) is 0 Å². The minimum Gasteiger partial charge on any atom is -0.358 e. The van der Waals surface area contributed by atoms with Crippen LogP contribution >= 0.6 is 0 Å². The van der Waals surface area contributed by atoms with Gasteiger partial charge in [-0.25, -0.2) is 0 Å². The first-order valence-corrected chi connectivity index (χ1v) is 10.5. The van der Waals surface area contributed by atoms with Gasteiger partial charge in [-0.2, -0.15) is 5.10 Å². The normalized spacial score (nSPS) is 11.3. The Morgan fingerprint density at radius 1 is 1.00 bits per heavy atom. The summed E-state index contributed by atoms with van der Waals surface area (Å²) in [7, 11) is 0. The molecule has 6 nitrogen and oxygen atoms in total. The Morgan fingerprint density at radius 2 is 1.94 bits per heavy atom. The third-order valence-electron chi connectivity index (χ3n) is 5.46. The number of pyridine rings is 2. The molecule has 5 aromatic rings. The van der Waals surface area contributed by atoms with Crippen LogP contribution in [0.15, 0.2) is 73.5 Å². The SMILES string of the molecule is C=C(CCCC)Nc1cncc(-c2ccc3[nH]nc(-c4cc5cnccc5[nH]4)c3c2)c1. The number of aromatic nitrogens is 5. The van der Waals surface area contributed by atoms with Crippen molar-refractivity contribution in [2.24, 2.45) is 0 Å². The standard InChI is InChI=1S/C25H24N6/c1-3-4-5-16(2)28-20-10-18(13-27-15-20)17-6-7-23-21(11-17)25(31-30-23)24-12-19-14-26-9-8-22(19)29-24/h6-15,28-29H,2-5H2,1H3,(H,30,31). The maximum atomic E-state index is 4.56. The van der Waals surface area contributed by atoms with Crippen LogP contribution in [-0.2, 0) is 0 Å². The third kappa shape index (κ3) is 3.80. The van der Waals surface area contributed by atoms with E-state index in [0.717, 1.165) is 75.0 Å². The number of nitrogens with one attached hydrogen (secondary N) is 3. The second-order valence-electron chi connectivity index (χ2n) is 7.77. The topological polar surface area (TPSA) is 82.3 Å². The summed E-state index contributed by atoms with van der Waals surface area (Å²) in [4.78, 5) is 12.1. The highest BCUT2D eigenvalue weighted by Crippen LogP contribution is 2.32. The van der Waals surface area contributed by atoms with Crippen LogP contribution in [0.5, 0.6) is 0 Å². The highest BCUT2D eigenvalue weighted by molar-refractivity contribution is 5.97. The Hall–Kier alpha value is -3.93. The fourth-order valence-corrected chi connectivity index (χ4v) is 3.82. The smallest absolute Gasteiger partial charge is 0.116 e. The summed E-state index contributed by atoms with van der Waals surface area (Å²) in [5.41, 5.74) is 7.99. The summed E-state index contributed by atoms with van der Waals surface area (Å²) in [6.45, 7) is 6.31.